The third-order valence-corrected chi connectivity index (χ3v) is 4.85. The summed E-state index contributed by atoms with van der Waals surface area (Å²) in [6.45, 7) is 2.88. The smallest absolute Gasteiger partial charge is 0.160 e. The first-order valence-electron chi connectivity index (χ1n) is 6.89. The highest BCUT2D eigenvalue weighted by atomic mass is 79.9. The van der Waals surface area contributed by atoms with Gasteiger partial charge in [-0.25, -0.2) is 4.98 Å². The van der Waals surface area contributed by atoms with E-state index in [4.69, 9.17) is 16.3 Å². The van der Waals surface area contributed by atoms with E-state index in [1.54, 1.807) is 6.07 Å². The van der Waals surface area contributed by atoms with Gasteiger partial charge in [-0.2, -0.15) is 0 Å². The molecule has 6 heteroatoms. The zero-order chi connectivity index (χ0) is 15.0. The molecule has 0 radical (unpaired) electrons. The first kappa shape index (κ1) is 15.5. The van der Waals surface area contributed by atoms with Crippen molar-refractivity contribution in [3.05, 3.63) is 32.3 Å². The van der Waals surface area contributed by atoms with E-state index in [0.29, 0.717) is 11.2 Å². The first-order chi connectivity index (χ1) is 10.0. The Labute approximate surface area is 145 Å². The predicted octanol–water partition coefficient (Wildman–Crippen LogP) is 4.93. The van der Waals surface area contributed by atoms with Gasteiger partial charge in [-0.1, -0.05) is 27.5 Å². The second-order valence-corrected chi connectivity index (χ2v) is 7.41. The molecule has 1 aromatic carbocycles. The molecule has 1 N–H and O–H groups in total. The second kappa shape index (κ2) is 6.41. The molecule has 1 atom stereocenters. The van der Waals surface area contributed by atoms with Gasteiger partial charge in [0.15, 0.2) is 5.75 Å². The fourth-order valence-electron chi connectivity index (χ4n) is 2.14. The summed E-state index contributed by atoms with van der Waals surface area (Å²) in [5.74, 6) is 0.737. The fourth-order valence-corrected chi connectivity index (χ4v) is 3.66. The van der Waals surface area contributed by atoms with Crippen LogP contribution in [0, 0.1) is 0 Å². The molecule has 0 spiro atoms. The van der Waals surface area contributed by atoms with Gasteiger partial charge in [0.05, 0.1) is 4.47 Å². The molecule has 0 bridgehead atoms. The van der Waals surface area contributed by atoms with Crippen LogP contribution in [0.15, 0.2) is 27.1 Å². The summed E-state index contributed by atoms with van der Waals surface area (Å²) in [5, 5.41) is 4.92. The van der Waals surface area contributed by atoms with Crippen LogP contribution in [0.1, 0.15) is 19.8 Å². The van der Waals surface area contributed by atoms with Crippen LogP contribution in [-0.2, 0) is 0 Å². The topological polar surface area (TPSA) is 34.1 Å². The third kappa shape index (κ3) is 3.70. The Bertz CT molecular complexity index is 676. The maximum Gasteiger partial charge on any atom is 0.160 e. The number of nitrogens with one attached hydrogen (secondary N) is 1. The lowest BCUT2D eigenvalue weighted by Gasteiger charge is -2.18. The number of pyridine rings is 1. The van der Waals surface area contributed by atoms with Crippen molar-refractivity contribution in [2.45, 2.75) is 31.9 Å². The molecule has 3 rings (SSSR count). The van der Waals surface area contributed by atoms with E-state index in [1.807, 2.05) is 12.1 Å². The molecule has 1 aliphatic carbocycles. The van der Waals surface area contributed by atoms with E-state index in [-0.39, 0.29) is 6.10 Å². The first-order valence-corrected chi connectivity index (χ1v) is 8.85. The normalized spacial score (nSPS) is 16.2. The van der Waals surface area contributed by atoms with Gasteiger partial charge in [0.2, 0.25) is 0 Å². The molecule has 112 valence electrons. The largest absolute Gasteiger partial charge is 0.486 e. The van der Waals surface area contributed by atoms with Crippen molar-refractivity contribution in [3.8, 4) is 5.75 Å². The number of benzene rings is 1. The molecule has 2 aromatic rings. The summed E-state index contributed by atoms with van der Waals surface area (Å²) in [4.78, 5) is 4.42. The molecule has 1 heterocycles. The van der Waals surface area contributed by atoms with E-state index in [1.165, 1.54) is 12.8 Å². The summed E-state index contributed by atoms with van der Waals surface area (Å²) >= 11 is 13.1. The molecular formula is C15H15Br2ClN2O. The van der Waals surface area contributed by atoms with Gasteiger partial charge in [0, 0.05) is 22.4 Å². The minimum absolute atomic E-state index is 0.0621. The molecule has 1 fully saturated rings. The van der Waals surface area contributed by atoms with Crippen molar-refractivity contribution in [1.29, 1.82) is 0 Å². The van der Waals surface area contributed by atoms with Crippen LogP contribution in [-0.4, -0.2) is 23.7 Å². The molecule has 3 nitrogen and oxygen atoms in total. The Balaban J connectivity index is 1.90. The van der Waals surface area contributed by atoms with Crippen LogP contribution in [0.25, 0.3) is 10.9 Å². The molecule has 0 amide bonds. The van der Waals surface area contributed by atoms with Crippen molar-refractivity contribution >= 4 is 54.4 Å². The van der Waals surface area contributed by atoms with Crippen molar-refractivity contribution in [2.75, 3.05) is 6.54 Å². The van der Waals surface area contributed by atoms with Gasteiger partial charge in [-0.05, 0) is 53.9 Å². The lowest BCUT2D eigenvalue weighted by Crippen LogP contribution is -2.30. The SMILES string of the molecule is CC(CNC1CC1)Oc1c(Br)cc(Br)c2ccc(Cl)nc12. The summed E-state index contributed by atoms with van der Waals surface area (Å²) in [5.41, 5.74) is 0.766. The van der Waals surface area contributed by atoms with Gasteiger partial charge in [-0.3, -0.25) is 0 Å². The minimum Gasteiger partial charge on any atom is -0.486 e. The zero-order valence-electron chi connectivity index (χ0n) is 11.5. The molecular weight excluding hydrogens is 419 g/mol. The van der Waals surface area contributed by atoms with Gasteiger partial charge in [0.1, 0.15) is 16.8 Å². The standard InChI is InChI=1S/C15H15Br2ClN2O/c1-8(7-19-9-2-3-9)21-15-12(17)6-11(16)10-4-5-13(18)20-14(10)15/h4-6,8-9,19H,2-3,7H2,1H3. The second-order valence-electron chi connectivity index (χ2n) is 5.31. The number of aromatic nitrogens is 1. The number of nitrogens with zero attached hydrogens (tertiary/aromatic N) is 1. The number of ether oxygens (including phenoxy) is 1. The summed E-state index contributed by atoms with van der Waals surface area (Å²) < 4.78 is 7.93. The van der Waals surface area contributed by atoms with E-state index in [0.717, 1.165) is 32.1 Å². The number of fused-ring (bicyclic) bond motifs is 1. The lowest BCUT2D eigenvalue weighted by molar-refractivity contribution is 0.217. The van der Waals surface area contributed by atoms with Crippen LogP contribution >= 0.6 is 43.5 Å². The van der Waals surface area contributed by atoms with Crippen molar-refractivity contribution in [1.82, 2.24) is 10.3 Å². The Kier molecular flexibility index (Phi) is 4.74. The van der Waals surface area contributed by atoms with Crippen LogP contribution in [0.3, 0.4) is 0 Å². The van der Waals surface area contributed by atoms with Gasteiger partial charge in [-0.15, -0.1) is 0 Å². The maximum absolute atomic E-state index is 6.10. The molecule has 0 aliphatic heterocycles. The van der Waals surface area contributed by atoms with Gasteiger partial charge < -0.3 is 10.1 Å². The Morgan fingerprint density at radius 2 is 2.14 bits per heavy atom. The Morgan fingerprint density at radius 3 is 2.86 bits per heavy atom. The fraction of sp³-hybridized carbons (Fsp3) is 0.400. The summed E-state index contributed by atoms with van der Waals surface area (Å²) in [6.07, 6.45) is 2.61. The van der Waals surface area contributed by atoms with E-state index >= 15 is 0 Å². The van der Waals surface area contributed by atoms with Crippen LogP contribution in [0.2, 0.25) is 5.15 Å². The van der Waals surface area contributed by atoms with E-state index < -0.39 is 0 Å². The molecule has 1 unspecified atom stereocenters. The Morgan fingerprint density at radius 1 is 1.38 bits per heavy atom. The molecule has 21 heavy (non-hydrogen) atoms. The molecule has 1 aromatic heterocycles. The maximum atomic E-state index is 6.10. The number of hydrogen-bond acceptors (Lipinski definition) is 3. The monoisotopic (exact) mass is 432 g/mol. The van der Waals surface area contributed by atoms with Gasteiger partial charge >= 0.3 is 0 Å². The van der Waals surface area contributed by atoms with Crippen molar-refractivity contribution in [3.63, 3.8) is 0 Å². The van der Waals surface area contributed by atoms with Crippen molar-refractivity contribution in [2.24, 2.45) is 0 Å². The summed E-state index contributed by atoms with van der Waals surface area (Å²) in [6, 6.07) is 6.38. The number of halogens is 3. The quantitative estimate of drug-likeness (QED) is 0.678. The van der Waals surface area contributed by atoms with Crippen LogP contribution in [0.5, 0.6) is 5.75 Å². The van der Waals surface area contributed by atoms with E-state index in [9.17, 15) is 0 Å². The molecule has 1 aliphatic rings. The van der Waals surface area contributed by atoms with E-state index in [2.05, 4.69) is 49.1 Å². The van der Waals surface area contributed by atoms with Crippen LogP contribution in [0.4, 0.5) is 0 Å². The third-order valence-electron chi connectivity index (χ3n) is 3.39. The minimum atomic E-state index is 0.0621. The highest BCUT2D eigenvalue weighted by Crippen LogP contribution is 2.38. The lowest BCUT2D eigenvalue weighted by atomic mass is 10.2. The predicted molar refractivity (Wildman–Crippen MR) is 93.3 cm³/mol. The zero-order valence-corrected chi connectivity index (χ0v) is 15.4. The Hall–Kier alpha value is -0.360. The highest BCUT2D eigenvalue weighted by molar-refractivity contribution is 9.11. The van der Waals surface area contributed by atoms with Crippen LogP contribution < -0.4 is 10.1 Å². The molecule has 0 saturated heterocycles. The molecule has 1 saturated carbocycles. The van der Waals surface area contributed by atoms with Gasteiger partial charge in [0.25, 0.3) is 0 Å². The average Bonchev–Trinajstić information content (AvgIpc) is 3.25. The number of hydrogen-bond donors (Lipinski definition) is 1. The van der Waals surface area contributed by atoms with Crippen molar-refractivity contribution < 1.29 is 4.74 Å². The highest BCUT2D eigenvalue weighted by Gasteiger charge is 2.22. The summed E-state index contributed by atoms with van der Waals surface area (Å²) in [7, 11) is 0. The number of rotatable bonds is 5. The average molecular weight is 435 g/mol.